The van der Waals surface area contributed by atoms with Crippen molar-refractivity contribution in [3.05, 3.63) is 96.1 Å². The molecule has 0 atom stereocenters. The van der Waals surface area contributed by atoms with E-state index >= 15 is 0 Å². The van der Waals surface area contributed by atoms with Gasteiger partial charge in [-0.05, 0) is 55.0 Å². The van der Waals surface area contributed by atoms with Gasteiger partial charge in [-0.2, -0.15) is 4.31 Å². The number of hydrogen-bond donors (Lipinski definition) is 3. The van der Waals surface area contributed by atoms with E-state index in [4.69, 9.17) is 5.73 Å². The van der Waals surface area contributed by atoms with Crippen LogP contribution < -0.4 is 16.0 Å². The third kappa shape index (κ3) is 4.99. The summed E-state index contributed by atoms with van der Waals surface area (Å²) in [5, 5.41) is 2.83. The molecule has 3 aromatic carbocycles. The fraction of sp³-hybridized carbons (Fsp3) is 0.172. The van der Waals surface area contributed by atoms with Crippen LogP contribution in [0, 0.1) is 6.92 Å². The molecule has 42 heavy (non-hydrogen) atoms. The number of amides is 2. The number of fused-ring (bicyclic) bond motifs is 1. The van der Waals surface area contributed by atoms with Crippen LogP contribution in [-0.4, -0.2) is 70.2 Å². The maximum absolute atomic E-state index is 13.2. The average molecular weight is 585 g/mol. The summed E-state index contributed by atoms with van der Waals surface area (Å²) in [4.78, 5) is 39.8. The molecule has 2 aromatic heterocycles. The smallest absolute Gasteiger partial charge is 0.276 e. The SMILES string of the molecule is Cc1cc(N2CCN(S(=O)(=O)c3ccccc3)CC2)ccc1NC(=O)c1ncn(-c2nc3ccccc3[nH]2)c1C(N)=O. The van der Waals surface area contributed by atoms with Crippen LogP contribution in [0.25, 0.3) is 17.0 Å². The Balaban J connectivity index is 1.16. The molecule has 3 heterocycles. The first-order valence-electron chi connectivity index (χ1n) is 13.3. The Morgan fingerprint density at radius 3 is 2.36 bits per heavy atom. The van der Waals surface area contributed by atoms with Crippen LogP contribution in [0.4, 0.5) is 11.4 Å². The Morgan fingerprint density at radius 1 is 0.952 bits per heavy atom. The Kier molecular flexibility index (Phi) is 6.96. The van der Waals surface area contributed by atoms with Crippen LogP contribution in [0.3, 0.4) is 0 Å². The van der Waals surface area contributed by atoms with Crippen LogP contribution in [0.15, 0.2) is 84.0 Å². The van der Waals surface area contributed by atoms with Crippen molar-refractivity contribution in [1.82, 2.24) is 23.8 Å². The number of carbonyl (C=O) groups is 2. The topological polar surface area (TPSA) is 159 Å². The highest BCUT2D eigenvalue weighted by atomic mass is 32.2. The lowest BCUT2D eigenvalue weighted by Crippen LogP contribution is -2.48. The predicted molar refractivity (Wildman–Crippen MR) is 158 cm³/mol. The molecule has 0 bridgehead atoms. The van der Waals surface area contributed by atoms with E-state index in [2.05, 4.69) is 25.2 Å². The van der Waals surface area contributed by atoms with E-state index < -0.39 is 21.8 Å². The Bertz CT molecular complexity index is 1880. The molecule has 5 aromatic rings. The zero-order valence-electron chi connectivity index (χ0n) is 22.7. The monoisotopic (exact) mass is 584 g/mol. The molecule has 1 aliphatic heterocycles. The Hall–Kier alpha value is -5.01. The molecule has 0 saturated carbocycles. The van der Waals surface area contributed by atoms with E-state index in [0.29, 0.717) is 43.3 Å². The van der Waals surface area contributed by atoms with Crippen molar-refractivity contribution in [2.75, 3.05) is 36.4 Å². The lowest BCUT2D eigenvalue weighted by molar-refractivity contribution is 0.0970. The van der Waals surface area contributed by atoms with Gasteiger partial charge in [0.05, 0.1) is 15.9 Å². The largest absolute Gasteiger partial charge is 0.369 e. The van der Waals surface area contributed by atoms with Crippen LogP contribution >= 0.6 is 0 Å². The number of carbonyl (C=O) groups excluding carboxylic acids is 2. The molecule has 0 unspecified atom stereocenters. The quantitative estimate of drug-likeness (QED) is 0.265. The number of imidazole rings is 2. The number of nitrogens with one attached hydrogen (secondary N) is 2. The third-order valence-electron chi connectivity index (χ3n) is 7.26. The van der Waals surface area contributed by atoms with Gasteiger partial charge in [0.1, 0.15) is 12.0 Å². The number of primary amides is 1. The zero-order valence-corrected chi connectivity index (χ0v) is 23.5. The van der Waals surface area contributed by atoms with Gasteiger partial charge in [0.25, 0.3) is 11.8 Å². The van der Waals surface area contributed by atoms with E-state index in [1.807, 2.05) is 43.3 Å². The molecule has 0 spiro atoms. The number of benzene rings is 3. The molecule has 0 radical (unpaired) electrons. The number of anilines is 2. The van der Waals surface area contributed by atoms with Gasteiger partial charge < -0.3 is 20.9 Å². The van der Waals surface area contributed by atoms with Gasteiger partial charge >= 0.3 is 0 Å². The highest BCUT2D eigenvalue weighted by Crippen LogP contribution is 2.26. The van der Waals surface area contributed by atoms with Crippen molar-refractivity contribution >= 4 is 44.2 Å². The molecule has 2 amide bonds. The van der Waals surface area contributed by atoms with E-state index in [1.54, 1.807) is 36.4 Å². The minimum absolute atomic E-state index is 0.0934. The zero-order chi connectivity index (χ0) is 29.4. The fourth-order valence-corrected chi connectivity index (χ4v) is 6.50. The van der Waals surface area contributed by atoms with Crippen LogP contribution in [-0.2, 0) is 10.0 Å². The first-order valence-corrected chi connectivity index (χ1v) is 14.7. The number of nitrogens with zero attached hydrogens (tertiary/aromatic N) is 5. The number of H-pyrrole nitrogens is 1. The molecule has 1 saturated heterocycles. The summed E-state index contributed by atoms with van der Waals surface area (Å²) in [6.07, 6.45) is 1.33. The van der Waals surface area contributed by atoms with Gasteiger partial charge in [-0.15, -0.1) is 0 Å². The number of sulfonamides is 1. The van der Waals surface area contributed by atoms with E-state index in [1.165, 1.54) is 15.2 Å². The molecular formula is C29H28N8O4S. The fourth-order valence-electron chi connectivity index (χ4n) is 5.06. The van der Waals surface area contributed by atoms with Crippen LogP contribution in [0.5, 0.6) is 0 Å². The molecule has 1 fully saturated rings. The lowest BCUT2D eigenvalue weighted by Gasteiger charge is -2.35. The summed E-state index contributed by atoms with van der Waals surface area (Å²) in [7, 11) is -3.54. The molecule has 214 valence electrons. The van der Waals surface area contributed by atoms with Crippen LogP contribution in [0.2, 0.25) is 0 Å². The number of aryl methyl sites for hydroxylation is 1. The number of aromatic amines is 1. The van der Waals surface area contributed by atoms with Gasteiger partial charge in [0.2, 0.25) is 16.0 Å². The van der Waals surface area contributed by atoms with E-state index in [0.717, 1.165) is 16.8 Å². The van der Waals surface area contributed by atoms with Gasteiger partial charge in [-0.3, -0.25) is 14.2 Å². The summed E-state index contributed by atoms with van der Waals surface area (Å²) in [6.45, 7) is 3.63. The Labute approximate surface area is 241 Å². The van der Waals surface area contributed by atoms with E-state index in [9.17, 15) is 18.0 Å². The summed E-state index contributed by atoms with van der Waals surface area (Å²) in [6, 6.07) is 21.4. The summed E-state index contributed by atoms with van der Waals surface area (Å²) in [5.74, 6) is -1.10. The number of hydrogen-bond acceptors (Lipinski definition) is 7. The first-order chi connectivity index (χ1) is 20.2. The number of nitrogens with two attached hydrogens (primary N) is 1. The van der Waals surface area contributed by atoms with Crippen molar-refractivity contribution in [2.24, 2.45) is 5.73 Å². The van der Waals surface area contributed by atoms with Crippen molar-refractivity contribution in [3.8, 4) is 5.95 Å². The normalized spacial score (nSPS) is 14.3. The maximum atomic E-state index is 13.2. The highest BCUT2D eigenvalue weighted by Gasteiger charge is 2.29. The molecule has 13 heteroatoms. The second kappa shape index (κ2) is 10.8. The number of para-hydroxylation sites is 2. The van der Waals surface area contributed by atoms with Gasteiger partial charge in [-0.1, -0.05) is 30.3 Å². The van der Waals surface area contributed by atoms with Crippen molar-refractivity contribution < 1.29 is 18.0 Å². The first kappa shape index (κ1) is 27.2. The lowest BCUT2D eigenvalue weighted by atomic mass is 10.1. The van der Waals surface area contributed by atoms with Crippen molar-refractivity contribution in [3.63, 3.8) is 0 Å². The molecule has 6 rings (SSSR count). The van der Waals surface area contributed by atoms with Gasteiger partial charge in [0.15, 0.2) is 5.69 Å². The standard InChI is InChI=1S/C29H28N8O4S/c1-19-17-20(35-13-15-36(16-14-35)42(40,41)21-7-3-2-4-8-21)11-12-22(19)32-28(39)25-26(27(30)38)37(18-31-25)29-33-23-9-5-6-10-24(23)34-29/h2-12,17-18H,13-16H2,1H3,(H2,30,38)(H,32,39)(H,33,34). The Morgan fingerprint density at radius 2 is 1.67 bits per heavy atom. The van der Waals surface area contributed by atoms with E-state index in [-0.39, 0.29) is 16.3 Å². The summed E-state index contributed by atoms with van der Waals surface area (Å²) < 4.78 is 28.8. The van der Waals surface area contributed by atoms with Gasteiger partial charge in [0, 0.05) is 37.6 Å². The third-order valence-corrected chi connectivity index (χ3v) is 9.18. The van der Waals surface area contributed by atoms with Gasteiger partial charge in [-0.25, -0.2) is 18.4 Å². The molecule has 12 nitrogen and oxygen atoms in total. The van der Waals surface area contributed by atoms with Crippen molar-refractivity contribution in [1.29, 1.82) is 0 Å². The second-order valence-electron chi connectivity index (χ2n) is 9.91. The highest BCUT2D eigenvalue weighted by molar-refractivity contribution is 7.89. The minimum atomic E-state index is -3.54. The second-order valence-corrected chi connectivity index (χ2v) is 11.8. The molecule has 0 aliphatic carbocycles. The molecule has 4 N–H and O–H groups in total. The number of rotatable bonds is 7. The molecule has 1 aliphatic rings. The predicted octanol–water partition coefficient (Wildman–Crippen LogP) is 2.92. The summed E-state index contributed by atoms with van der Waals surface area (Å²) in [5.41, 5.74) is 9.14. The summed E-state index contributed by atoms with van der Waals surface area (Å²) >= 11 is 0. The number of aromatic nitrogens is 4. The maximum Gasteiger partial charge on any atom is 0.276 e. The van der Waals surface area contributed by atoms with Crippen LogP contribution in [0.1, 0.15) is 26.5 Å². The number of piperazine rings is 1. The van der Waals surface area contributed by atoms with Crippen molar-refractivity contribution in [2.45, 2.75) is 11.8 Å². The average Bonchev–Trinajstić information content (AvgIpc) is 3.64. The minimum Gasteiger partial charge on any atom is -0.369 e. The molecular weight excluding hydrogens is 556 g/mol.